The van der Waals surface area contributed by atoms with Gasteiger partial charge in [0.15, 0.2) is 0 Å². The Morgan fingerprint density at radius 1 is 1.00 bits per heavy atom. The van der Waals surface area contributed by atoms with E-state index >= 15 is 0 Å². The smallest absolute Gasteiger partial charge is 0.208 e. The van der Waals surface area contributed by atoms with Gasteiger partial charge in [-0.05, 0) is 37.1 Å². The van der Waals surface area contributed by atoms with Crippen LogP contribution in [0.5, 0.6) is 0 Å². The Bertz CT molecular complexity index is 758. The number of unbranched alkanes of at least 4 members (excludes halogenated alkanes) is 2. The molecule has 0 saturated carbocycles. The number of para-hydroxylation sites is 3. The van der Waals surface area contributed by atoms with Gasteiger partial charge in [-0.25, -0.2) is 4.98 Å². The zero-order chi connectivity index (χ0) is 15.4. The molecule has 0 atom stereocenters. The molecule has 114 valence electrons. The number of benzene rings is 2. The highest BCUT2D eigenvalue weighted by molar-refractivity contribution is 5.79. The van der Waals surface area contributed by atoms with E-state index in [9.17, 15) is 0 Å². The topological polar surface area (TPSA) is 29.9 Å². The molecule has 2 aromatic carbocycles. The van der Waals surface area contributed by atoms with Crippen molar-refractivity contribution in [2.45, 2.75) is 39.7 Å². The summed E-state index contributed by atoms with van der Waals surface area (Å²) in [6, 6.07) is 16.7. The molecule has 3 heteroatoms. The third-order valence-corrected chi connectivity index (χ3v) is 4.03. The summed E-state index contributed by atoms with van der Waals surface area (Å²) >= 11 is 0. The predicted molar refractivity (Wildman–Crippen MR) is 93.7 cm³/mol. The standard InChI is InChI=1S/C19H23N3/c1-3-4-9-14-22-18-13-8-7-12-17(18)21-19(22)20-16-11-6-5-10-15(16)2/h5-8,10-13H,3-4,9,14H2,1-2H3,(H,20,21). The van der Waals surface area contributed by atoms with Crippen LogP contribution in [0.1, 0.15) is 31.7 Å². The fourth-order valence-corrected chi connectivity index (χ4v) is 2.75. The first kappa shape index (κ1) is 14.6. The van der Waals surface area contributed by atoms with Gasteiger partial charge in [0.2, 0.25) is 5.95 Å². The minimum atomic E-state index is 0.937. The molecule has 0 aliphatic rings. The number of anilines is 2. The van der Waals surface area contributed by atoms with E-state index in [1.54, 1.807) is 0 Å². The number of nitrogens with one attached hydrogen (secondary N) is 1. The molecule has 3 rings (SSSR count). The van der Waals surface area contributed by atoms with Crippen LogP contribution in [0, 0.1) is 6.92 Å². The van der Waals surface area contributed by atoms with Crippen LogP contribution >= 0.6 is 0 Å². The van der Waals surface area contributed by atoms with Gasteiger partial charge >= 0.3 is 0 Å². The molecule has 3 aromatic rings. The Hall–Kier alpha value is -2.29. The van der Waals surface area contributed by atoms with Crippen LogP contribution in [0.3, 0.4) is 0 Å². The third-order valence-electron chi connectivity index (χ3n) is 4.03. The Kier molecular flexibility index (Phi) is 4.42. The number of hydrogen-bond acceptors (Lipinski definition) is 2. The van der Waals surface area contributed by atoms with Gasteiger partial charge < -0.3 is 9.88 Å². The van der Waals surface area contributed by atoms with Gasteiger partial charge in [-0.3, -0.25) is 0 Å². The van der Waals surface area contributed by atoms with E-state index in [0.717, 1.165) is 23.7 Å². The summed E-state index contributed by atoms with van der Waals surface area (Å²) in [6.45, 7) is 5.35. The number of aromatic nitrogens is 2. The van der Waals surface area contributed by atoms with Crippen molar-refractivity contribution in [1.82, 2.24) is 9.55 Å². The Labute approximate surface area is 132 Å². The summed E-state index contributed by atoms with van der Waals surface area (Å²) in [5.74, 6) is 0.937. The van der Waals surface area contributed by atoms with Crippen LogP contribution in [0.4, 0.5) is 11.6 Å². The molecule has 1 N–H and O–H groups in total. The molecule has 0 fully saturated rings. The van der Waals surface area contributed by atoms with Crippen molar-refractivity contribution in [3.63, 3.8) is 0 Å². The van der Waals surface area contributed by atoms with Gasteiger partial charge in [0, 0.05) is 12.2 Å². The molecule has 1 aromatic heterocycles. The van der Waals surface area contributed by atoms with E-state index in [4.69, 9.17) is 4.98 Å². The van der Waals surface area contributed by atoms with E-state index in [1.165, 1.54) is 30.3 Å². The van der Waals surface area contributed by atoms with Gasteiger partial charge in [-0.1, -0.05) is 50.1 Å². The van der Waals surface area contributed by atoms with Crippen LogP contribution in [0.15, 0.2) is 48.5 Å². The molecule has 0 radical (unpaired) electrons. The van der Waals surface area contributed by atoms with E-state index in [2.05, 4.69) is 66.2 Å². The summed E-state index contributed by atoms with van der Waals surface area (Å²) in [4.78, 5) is 4.78. The van der Waals surface area contributed by atoms with Crippen LogP contribution in [-0.4, -0.2) is 9.55 Å². The molecule has 0 aliphatic heterocycles. The number of imidazole rings is 1. The zero-order valence-electron chi connectivity index (χ0n) is 13.3. The monoisotopic (exact) mass is 293 g/mol. The number of hydrogen-bond donors (Lipinski definition) is 1. The van der Waals surface area contributed by atoms with Crippen molar-refractivity contribution in [3.05, 3.63) is 54.1 Å². The Morgan fingerprint density at radius 3 is 2.59 bits per heavy atom. The fraction of sp³-hybridized carbons (Fsp3) is 0.316. The first-order chi connectivity index (χ1) is 10.8. The van der Waals surface area contributed by atoms with E-state index in [1.807, 2.05) is 6.07 Å². The van der Waals surface area contributed by atoms with Gasteiger partial charge in [-0.15, -0.1) is 0 Å². The molecule has 0 aliphatic carbocycles. The van der Waals surface area contributed by atoms with Crippen molar-refractivity contribution >= 4 is 22.7 Å². The molecular formula is C19H23N3. The highest BCUT2D eigenvalue weighted by atomic mass is 15.2. The minimum absolute atomic E-state index is 0.937. The average Bonchev–Trinajstić information content (AvgIpc) is 2.88. The summed E-state index contributed by atoms with van der Waals surface area (Å²) in [5.41, 5.74) is 4.61. The quantitative estimate of drug-likeness (QED) is 0.627. The first-order valence-electron chi connectivity index (χ1n) is 8.07. The third kappa shape index (κ3) is 2.98. The maximum atomic E-state index is 4.78. The lowest BCUT2D eigenvalue weighted by Gasteiger charge is -2.12. The molecule has 22 heavy (non-hydrogen) atoms. The van der Waals surface area contributed by atoms with Crippen LogP contribution < -0.4 is 5.32 Å². The number of fused-ring (bicyclic) bond motifs is 1. The van der Waals surface area contributed by atoms with E-state index in [0.29, 0.717) is 0 Å². The van der Waals surface area contributed by atoms with Gasteiger partial charge in [0.05, 0.1) is 11.0 Å². The van der Waals surface area contributed by atoms with Crippen LogP contribution in [-0.2, 0) is 6.54 Å². The lowest BCUT2D eigenvalue weighted by Crippen LogP contribution is -2.05. The molecular weight excluding hydrogens is 270 g/mol. The van der Waals surface area contributed by atoms with Gasteiger partial charge in [0.25, 0.3) is 0 Å². The average molecular weight is 293 g/mol. The summed E-state index contributed by atoms with van der Waals surface area (Å²) < 4.78 is 2.30. The SMILES string of the molecule is CCCCCn1c(Nc2ccccc2C)nc2ccccc21. The molecule has 0 spiro atoms. The fourth-order valence-electron chi connectivity index (χ4n) is 2.75. The predicted octanol–water partition coefficient (Wildman–Crippen LogP) is 5.28. The van der Waals surface area contributed by atoms with E-state index in [-0.39, 0.29) is 0 Å². The molecule has 3 nitrogen and oxygen atoms in total. The molecule has 1 heterocycles. The van der Waals surface area contributed by atoms with Crippen LogP contribution in [0.2, 0.25) is 0 Å². The second-order valence-corrected chi connectivity index (χ2v) is 5.72. The van der Waals surface area contributed by atoms with Crippen LogP contribution in [0.25, 0.3) is 11.0 Å². The van der Waals surface area contributed by atoms with Crippen molar-refractivity contribution in [2.75, 3.05) is 5.32 Å². The number of rotatable bonds is 6. The lowest BCUT2D eigenvalue weighted by atomic mass is 10.2. The Balaban J connectivity index is 1.97. The summed E-state index contributed by atoms with van der Waals surface area (Å²) in [6.07, 6.45) is 3.66. The molecule has 0 amide bonds. The first-order valence-corrected chi connectivity index (χ1v) is 8.07. The van der Waals surface area contributed by atoms with Gasteiger partial charge in [-0.2, -0.15) is 0 Å². The minimum Gasteiger partial charge on any atom is -0.325 e. The zero-order valence-corrected chi connectivity index (χ0v) is 13.3. The van der Waals surface area contributed by atoms with Crippen molar-refractivity contribution in [2.24, 2.45) is 0 Å². The largest absolute Gasteiger partial charge is 0.325 e. The molecule has 0 bridgehead atoms. The number of nitrogens with zero attached hydrogens (tertiary/aromatic N) is 2. The van der Waals surface area contributed by atoms with E-state index < -0.39 is 0 Å². The Morgan fingerprint density at radius 2 is 1.77 bits per heavy atom. The normalized spacial score (nSPS) is 11.0. The highest BCUT2D eigenvalue weighted by Gasteiger charge is 2.10. The lowest BCUT2D eigenvalue weighted by molar-refractivity contribution is 0.618. The summed E-state index contributed by atoms with van der Waals surface area (Å²) in [7, 11) is 0. The van der Waals surface area contributed by atoms with Gasteiger partial charge in [0.1, 0.15) is 0 Å². The van der Waals surface area contributed by atoms with Crippen molar-refractivity contribution in [1.29, 1.82) is 0 Å². The highest BCUT2D eigenvalue weighted by Crippen LogP contribution is 2.25. The molecule has 0 saturated heterocycles. The second-order valence-electron chi connectivity index (χ2n) is 5.72. The maximum absolute atomic E-state index is 4.78. The summed E-state index contributed by atoms with van der Waals surface area (Å²) in [5, 5.41) is 3.51. The maximum Gasteiger partial charge on any atom is 0.208 e. The van der Waals surface area contributed by atoms with Crippen molar-refractivity contribution < 1.29 is 0 Å². The number of aryl methyl sites for hydroxylation is 2. The molecule has 0 unspecified atom stereocenters. The van der Waals surface area contributed by atoms with Crippen molar-refractivity contribution in [3.8, 4) is 0 Å². The second kappa shape index (κ2) is 6.65.